The zero-order valence-electron chi connectivity index (χ0n) is 12.2. The number of hydrogen-bond donors (Lipinski definition) is 2. The summed E-state index contributed by atoms with van der Waals surface area (Å²) in [4.78, 5) is 0. The van der Waals surface area contributed by atoms with E-state index in [0.29, 0.717) is 0 Å². The smallest absolute Gasteiger partial charge is 0.133 e. The molecule has 1 aromatic rings. The van der Waals surface area contributed by atoms with Gasteiger partial charge in [0.05, 0.1) is 12.6 Å². The average molecular weight is 260 g/mol. The van der Waals surface area contributed by atoms with E-state index in [-0.39, 0.29) is 0 Å². The molecule has 2 saturated heterocycles. The molecule has 0 spiro atoms. The Hall–Kier alpha value is -1.06. The number of benzene rings is 1. The molecule has 0 amide bonds. The summed E-state index contributed by atoms with van der Waals surface area (Å²) in [5.41, 5.74) is 9.61. The molecule has 0 bridgehead atoms. The zero-order valence-corrected chi connectivity index (χ0v) is 12.2. The molecule has 2 heterocycles. The fraction of sp³-hybridized carbons (Fsp3) is 0.625. The first kappa shape index (κ1) is 12.9. The van der Waals surface area contributed by atoms with Crippen molar-refractivity contribution in [3.63, 3.8) is 0 Å². The minimum Gasteiger partial charge on any atom is -0.399 e. The summed E-state index contributed by atoms with van der Waals surface area (Å²) in [6.45, 7) is 8.18. The number of quaternary nitrogens is 1. The van der Waals surface area contributed by atoms with E-state index in [2.05, 4.69) is 37.4 Å². The lowest BCUT2D eigenvalue weighted by Crippen LogP contribution is -2.59. The van der Waals surface area contributed by atoms with Crippen LogP contribution >= 0.6 is 0 Å². The first-order chi connectivity index (χ1) is 9.14. The van der Waals surface area contributed by atoms with Crippen LogP contribution in [0.3, 0.4) is 0 Å². The summed E-state index contributed by atoms with van der Waals surface area (Å²) in [6, 6.07) is 8.16. The Morgan fingerprint density at radius 3 is 2.74 bits per heavy atom. The van der Waals surface area contributed by atoms with Gasteiger partial charge in [0, 0.05) is 50.2 Å². The van der Waals surface area contributed by atoms with Gasteiger partial charge in [-0.1, -0.05) is 0 Å². The van der Waals surface area contributed by atoms with Gasteiger partial charge in [-0.2, -0.15) is 0 Å². The largest absolute Gasteiger partial charge is 0.399 e. The third-order valence-corrected chi connectivity index (χ3v) is 5.36. The molecule has 1 unspecified atom stereocenters. The Morgan fingerprint density at radius 2 is 2.16 bits per heavy atom. The second kappa shape index (κ2) is 4.80. The van der Waals surface area contributed by atoms with Gasteiger partial charge >= 0.3 is 0 Å². The second-order valence-electron chi connectivity index (χ2n) is 6.33. The third-order valence-electron chi connectivity index (χ3n) is 5.36. The number of rotatable bonds is 2. The summed E-state index contributed by atoms with van der Waals surface area (Å²) in [6.07, 6.45) is 3.99. The molecule has 3 N–H and O–H groups in total. The zero-order chi connectivity index (χ0) is 13.5. The standard InChI is InChI=1S/C16H26N3/c1-12-10-14(5-6-16(12)17)19(9-3-4-13(19)2)15-7-8-18-11-15/h5-6,10,13,15,18H,3-4,7-9,11,17H2,1-2H3/q+1/t13-,15+,19?/m1/s1. The van der Waals surface area contributed by atoms with E-state index >= 15 is 0 Å². The maximum Gasteiger partial charge on any atom is 0.133 e. The van der Waals surface area contributed by atoms with Crippen molar-refractivity contribution in [1.82, 2.24) is 9.80 Å². The third kappa shape index (κ3) is 1.96. The van der Waals surface area contributed by atoms with E-state index in [4.69, 9.17) is 5.73 Å². The van der Waals surface area contributed by atoms with Crippen molar-refractivity contribution >= 4 is 11.4 Å². The van der Waals surface area contributed by atoms with Crippen molar-refractivity contribution in [2.75, 3.05) is 25.4 Å². The number of hydrogen-bond acceptors (Lipinski definition) is 2. The predicted molar refractivity (Wildman–Crippen MR) is 82.2 cm³/mol. The molecule has 0 saturated carbocycles. The van der Waals surface area contributed by atoms with Crippen LogP contribution in [-0.4, -0.2) is 31.7 Å². The van der Waals surface area contributed by atoms with Crippen LogP contribution in [0.4, 0.5) is 11.4 Å². The minimum atomic E-state index is 0.730. The normalized spacial score (nSPS) is 34.8. The maximum atomic E-state index is 6.00. The lowest BCUT2D eigenvalue weighted by Gasteiger charge is -2.43. The molecule has 2 aliphatic heterocycles. The van der Waals surface area contributed by atoms with Gasteiger partial charge in [-0.3, -0.25) is 4.48 Å². The van der Waals surface area contributed by atoms with Crippen LogP contribution in [-0.2, 0) is 0 Å². The van der Waals surface area contributed by atoms with Gasteiger partial charge in [0.2, 0.25) is 0 Å². The predicted octanol–water partition coefficient (Wildman–Crippen LogP) is 2.43. The van der Waals surface area contributed by atoms with Crippen molar-refractivity contribution in [3.05, 3.63) is 23.8 Å². The first-order valence-corrected chi connectivity index (χ1v) is 7.59. The monoisotopic (exact) mass is 260 g/mol. The average Bonchev–Trinajstić information content (AvgIpc) is 3.02. The Balaban J connectivity index is 2.05. The molecule has 3 heteroatoms. The van der Waals surface area contributed by atoms with Gasteiger partial charge in [-0.15, -0.1) is 0 Å². The van der Waals surface area contributed by atoms with E-state index < -0.39 is 0 Å². The Bertz CT molecular complexity index is 465. The minimum absolute atomic E-state index is 0.730. The summed E-state index contributed by atoms with van der Waals surface area (Å²) < 4.78 is 1.17. The Kier molecular flexibility index (Phi) is 3.27. The van der Waals surface area contributed by atoms with Gasteiger partial charge < -0.3 is 11.1 Å². The molecular formula is C16H26N3+. The van der Waals surface area contributed by atoms with E-state index in [1.54, 1.807) is 0 Å². The van der Waals surface area contributed by atoms with Gasteiger partial charge in [0.15, 0.2) is 0 Å². The van der Waals surface area contributed by atoms with E-state index in [0.717, 1.165) is 24.3 Å². The molecule has 19 heavy (non-hydrogen) atoms. The quantitative estimate of drug-likeness (QED) is 0.633. The van der Waals surface area contributed by atoms with Crippen LogP contribution in [0.2, 0.25) is 0 Å². The number of aryl methyl sites for hydroxylation is 1. The number of nitrogens with two attached hydrogens (primary N) is 1. The van der Waals surface area contributed by atoms with E-state index in [1.165, 1.54) is 48.1 Å². The van der Waals surface area contributed by atoms with Crippen LogP contribution in [0.1, 0.15) is 31.7 Å². The summed E-state index contributed by atoms with van der Waals surface area (Å²) in [5.74, 6) is 0. The highest BCUT2D eigenvalue weighted by Gasteiger charge is 2.48. The fourth-order valence-corrected chi connectivity index (χ4v) is 4.19. The van der Waals surface area contributed by atoms with Gasteiger partial charge in [0.1, 0.15) is 11.7 Å². The topological polar surface area (TPSA) is 38.0 Å². The molecule has 1 aromatic carbocycles. The van der Waals surface area contributed by atoms with Gasteiger partial charge in [-0.25, -0.2) is 0 Å². The number of nitrogen functional groups attached to an aromatic ring is 1. The van der Waals surface area contributed by atoms with Crippen molar-refractivity contribution in [2.45, 2.75) is 45.2 Å². The summed E-state index contributed by atoms with van der Waals surface area (Å²) in [5, 5.41) is 3.55. The number of anilines is 1. The lowest BCUT2D eigenvalue weighted by atomic mass is 10.0. The summed E-state index contributed by atoms with van der Waals surface area (Å²) in [7, 11) is 0. The second-order valence-corrected chi connectivity index (χ2v) is 6.33. The molecule has 0 radical (unpaired) electrons. The summed E-state index contributed by atoms with van der Waals surface area (Å²) >= 11 is 0. The molecular weight excluding hydrogens is 234 g/mol. The van der Waals surface area contributed by atoms with Crippen LogP contribution in [0.15, 0.2) is 18.2 Å². The Labute approximate surface area is 116 Å². The highest BCUT2D eigenvalue weighted by atomic mass is 15.4. The van der Waals surface area contributed by atoms with E-state index in [1.807, 2.05) is 0 Å². The highest BCUT2D eigenvalue weighted by molar-refractivity contribution is 5.57. The molecule has 2 aliphatic rings. The fourth-order valence-electron chi connectivity index (χ4n) is 4.19. The first-order valence-electron chi connectivity index (χ1n) is 7.59. The SMILES string of the molecule is Cc1cc([N+]2([C@H]3CCNC3)CCC[C@H]2C)ccc1N. The molecule has 3 rings (SSSR count). The molecule has 3 atom stereocenters. The molecule has 0 aliphatic carbocycles. The van der Waals surface area contributed by atoms with Crippen molar-refractivity contribution in [3.8, 4) is 0 Å². The van der Waals surface area contributed by atoms with Crippen LogP contribution in [0.5, 0.6) is 0 Å². The molecule has 104 valence electrons. The van der Waals surface area contributed by atoms with Crippen LogP contribution in [0, 0.1) is 6.92 Å². The number of nitrogens with one attached hydrogen (secondary N) is 1. The molecule has 0 aromatic heterocycles. The van der Waals surface area contributed by atoms with E-state index in [9.17, 15) is 0 Å². The van der Waals surface area contributed by atoms with Crippen molar-refractivity contribution in [2.24, 2.45) is 0 Å². The van der Waals surface area contributed by atoms with Gasteiger partial charge in [0.25, 0.3) is 0 Å². The molecule has 2 fully saturated rings. The number of nitrogens with zero attached hydrogens (tertiary/aromatic N) is 1. The van der Waals surface area contributed by atoms with Gasteiger partial charge in [-0.05, 0) is 25.5 Å². The van der Waals surface area contributed by atoms with Crippen molar-refractivity contribution < 1.29 is 0 Å². The van der Waals surface area contributed by atoms with Crippen molar-refractivity contribution in [1.29, 1.82) is 0 Å². The van der Waals surface area contributed by atoms with Crippen LogP contribution in [0.25, 0.3) is 0 Å². The Morgan fingerprint density at radius 1 is 1.32 bits per heavy atom. The highest BCUT2D eigenvalue weighted by Crippen LogP contribution is 2.39. The molecule has 3 nitrogen and oxygen atoms in total. The maximum absolute atomic E-state index is 6.00. The number of likely N-dealkylation sites (tertiary alicyclic amines) is 1. The lowest BCUT2D eigenvalue weighted by molar-refractivity contribution is 0.203. The van der Waals surface area contributed by atoms with Crippen LogP contribution < -0.4 is 15.5 Å².